The largest absolute Gasteiger partial charge is 0.383 e. The van der Waals surface area contributed by atoms with Crippen LogP contribution in [0.5, 0.6) is 0 Å². The summed E-state index contributed by atoms with van der Waals surface area (Å²) in [5.41, 5.74) is 2.24. The minimum Gasteiger partial charge on any atom is -0.383 e. The maximum atomic E-state index is 12.4. The van der Waals surface area contributed by atoms with Crippen LogP contribution in [-0.2, 0) is 20.9 Å². The number of fused-ring (bicyclic) bond motifs is 1. The number of hydrogen-bond acceptors (Lipinski definition) is 5. The highest BCUT2D eigenvalue weighted by atomic mass is 32.2. The van der Waals surface area contributed by atoms with Gasteiger partial charge in [0.25, 0.3) is 5.91 Å². The molecule has 8 heteroatoms. The SMILES string of the molecule is COCCn1c(=NC(=O)CSCC(=O)N2CCC(C)CC2)sc2cc(C)ccc21. The summed E-state index contributed by atoms with van der Waals surface area (Å²) < 4.78 is 8.35. The molecule has 0 saturated carbocycles. The molecule has 0 aliphatic carbocycles. The molecular weight excluding hydrogens is 406 g/mol. The highest BCUT2D eigenvalue weighted by Crippen LogP contribution is 2.19. The maximum absolute atomic E-state index is 12.4. The van der Waals surface area contributed by atoms with Gasteiger partial charge in [0.15, 0.2) is 4.80 Å². The smallest absolute Gasteiger partial charge is 0.258 e. The van der Waals surface area contributed by atoms with Crippen LogP contribution in [0.1, 0.15) is 25.3 Å². The number of ether oxygens (including phenoxy) is 1. The minimum absolute atomic E-state index is 0.127. The highest BCUT2D eigenvalue weighted by molar-refractivity contribution is 8.00. The van der Waals surface area contributed by atoms with Gasteiger partial charge >= 0.3 is 0 Å². The molecule has 1 fully saturated rings. The molecule has 1 aromatic heterocycles. The lowest BCUT2D eigenvalue weighted by molar-refractivity contribution is -0.129. The molecule has 2 aromatic rings. The number of aryl methyl sites for hydroxylation is 1. The summed E-state index contributed by atoms with van der Waals surface area (Å²) in [6, 6.07) is 6.24. The van der Waals surface area contributed by atoms with E-state index < -0.39 is 0 Å². The van der Waals surface area contributed by atoms with Crippen LogP contribution in [0.15, 0.2) is 23.2 Å². The minimum atomic E-state index is -0.204. The Morgan fingerprint density at radius 3 is 2.76 bits per heavy atom. The van der Waals surface area contributed by atoms with Gasteiger partial charge in [0, 0.05) is 26.7 Å². The number of thioether (sulfide) groups is 1. The highest BCUT2D eigenvalue weighted by Gasteiger charge is 2.20. The molecule has 0 atom stereocenters. The van der Waals surface area contributed by atoms with Gasteiger partial charge in [-0.05, 0) is 43.4 Å². The van der Waals surface area contributed by atoms with E-state index in [0.717, 1.165) is 36.1 Å². The van der Waals surface area contributed by atoms with Crippen LogP contribution in [0.25, 0.3) is 10.2 Å². The van der Waals surface area contributed by atoms with Gasteiger partial charge in [-0.25, -0.2) is 0 Å². The Morgan fingerprint density at radius 2 is 2.03 bits per heavy atom. The number of amides is 2. The second kappa shape index (κ2) is 10.4. The predicted molar refractivity (Wildman–Crippen MR) is 119 cm³/mol. The van der Waals surface area contributed by atoms with Crippen molar-refractivity contribution in [3.8, 4) is 0 Å². The number of hydrogen-bond donors (Lipinski definition) is 0. The third-order valence-electron chi connectivity index (χ3n) is 5.17. The van der Waals surface area contributed by atoms with Crippen LogP contribution in [-0.4, -0.2) is 59.6 Å². The molecule has 158 valence electrons. The van der Waals surface area contributed by atoms with Crippen molar-refractivity contribution < 1.29 is 14.3 Å². The van der Waals surface area contributed by atoms with Crippen molar-refractivity contribution in [3.05, 3.63) is 28.6 Å². The molecule has 0 unspecified atom stereocenters. The normalized spacial score (nSPS) is 16.0. The Kier molecular flexibility index (Phi) is 7.91. The predicted octanol–water partition coefficient (Wildman–Crippen LogP) is 3.08. The number of benzene rings is 1. The van der Waals surface area contributed by atoms with Crippen LogP contribution in [0, 0.1) is 12.8 Å². The zero-order chi connectivity index (χ0) is 20.8. The summed E-state index contributed by atoms with van der Waals surface area (Å²) in [7, 11) is 1.66. The van der Waals surface area contributed by atoms with Crippen molar-refractivity contribution in [2.24, 2.45) is 10.9 Å². The fourth-order valence-corrected chi connectivity index (χ4v) is 5.25. The van der Waals surface area contributed by atoms with E-state index in [2.05, 4.69) is 37.0 Å². The maximum Gasteiger partial charge on any atom is 0.258 e. The van der Waals surface area contributed by atoms with E-state index in [1.165, 1.54) is 28.7 Å². The molecule has 0 radical (unpaired) electrons. The third-order valence-corrected chi connectivity index (χ3v) is 7.11. The number of aromatic nitrogens is 1. The number of thiazole rings is 1. The Labute approximate surface area is 180 Å². The number of methoxy groups -OCH3 is 1. The second-order valence-electron chi connectivity index (χ2n) is 7.56. The first-order valence-corrected chi connectivity index (χ1v) is 12.0. The third kappa shape index (κ3) is 5.93. The number of piperidine rings is 1. The Bertz CT molecular complexity index is 927. The molecule has 2 heterocycles. The summed E-state index contributed by atoms with van der Waals surface area (Å²) in [6.45, 7) is 7.14. The molecule has 1 saturated heterocycles. The molecule has 0 spiro atoms. The monoisotopic (exact) mass is 435 g/mol. The molecule has 1 aliphatic heterocycles. The van der Waals surface area contributed by atoms with Gasteiger partial charge in [-0.3, -0.25) is 9.59 Å². The van der Waals surface area contributed by atoms with Gasteiger partial charge in [0.2, 0.25) is 5.91 Å². The number of likely N-dealkylation sites (tertiary alicyclic amines) is 1. The van der Waals surface area contributed by atoms with E-state index in [1.54, 1.807) is 7.11 Å². The van der Waals surface area contributed by atoms with Crippen molar-refractivity contribution in [2.75, 3.05) is 38.3 Å². The lowest BCUT2D eigenvalue weighted by Crippen LogP contribution is -2.39. The summed E-state index contributed by atoms with van der Waals surface area (Å²) in [5.74, 6) is 1.17. The molecule has 0 N–H and O–H groups in total. The van der Waals surface area contributed by atoms with Crippen molar-refractivity contribution >= 4 is 45.1 Å². The van der Waals surface area contributed by atoms with Crippen molar-refractivity contribution in [3.63, 3.8) is 0 Å². The Morgan fingerprint density at radius 1 is 1.28 bits per heavy atom. The molecule has 2 amide bonds. The topological polar surface area (TPSA) is 63.9 Å². The van der Waals surface area contributed by atoms with E-state index in [1.807, 2.05) is 9.47 Å². The average molecular weight is 436 g/mol. The van der Waals surface area contributed by atoms with Crippen molar-refractivity contribution in [1.82, 2.24) is 9.47 Å². The Hall–Kier alpha value is -1.64. The average Bonchev–Trinajstić information content (AvgIpc) is 3.02. The standard InChI is InChI=1S/C21H29N3O3S2/c1-15-6-8-23(9-7-15)20(26)14-28-13-19(25)22-21-24(10-11-27-3)17-5-4-16(2)12-18(17)29-21/h4-5,12,15H,6-11,13-14H2,1-3H3. The lowest BCUT2D eigenvalue weighted by atomic mass is 9.99. The number of rotatable bonds is 7. The molecular formula is C21H29N3O3S2. The van der Waals surface area contributed by atoms with Crippen molar-refractivity contribution in [1.29, 1.82) is 0 Å². The van der Waals surface area contributed by atoms with Gasteiger partial charge < -0.3 is 14.2 Å². The zero-order valence-corrected chi connectivity index (χ0v) is 19.0. The van der Waals surface area contributed by atoms with Crippen LogP contribution in [0.4, 0.5) is 0 Å². The van der Waals surface area contributed by atoms with Crippen molar-refractivity contribution in [2.45, 2.75) is 33.2 Å². The van der Waals surface area contributed by atoms with E-state index >= 15 is 0 Å². The van der Waals surface area contributed by atoms with E-state index in [-0.39, 0.29) is 17.6 Å². The number of carbonyl (C=O) groups excluding carboxylic acids is 2. The van der Waals surface area contributed by atoms with Crippen LogP contribution < -0.4 is 4.80 Å². The first-order valence-electron chi connectivity index (χ1n) is 10.00. The molecule has 6 nitrogen and oxygen atoms in total. The van der Waals surface area contributed by atoms with E-state index in [0.29, 0.717) is 29.6 Å². The van der Waals surface area contributed by atoms with Gasteiger partial charge in [-0.2, -0.15) is 4.99 Å². The first kappa shape index (κ1) is 22.1. The Balaban J connectivity index is 1.63. The fraction of sp³-hybridized carbons (Fsp3) is 0.571. The number of carbonyl (C=O) groups is 2. The zero-order valence-electron chi connectivity index (χ0n) is 17.3. The van der Waals surface area contributed by atoms with Gasteiger partial charge in [0.1, 0.15) is 0 Å². The van der Waals surface area contributed by atoms with Crippen LogP contribution in [0.3, 0.4) is 0 Å². The summed E-state index contributed by atoms with van der Waals surface area (Å²) in [5, 5.41) is 0. The van der Waals surface area contributed by atoms with Gasteiger partial charge in [0.05, 0.1) is 28.3 Å². The molecule has 1 aliphatic rings. The first-order chi connectivity index (χ1) is 14.0. The quantitative estimate of drug-likeness (QED) is 0.671. The molecule has 1 aromatic carbocycles. The second-order valence-corrected chi connectivity index (χ2v) is 9.56. The summed E-state index contributed by atoms with van der Waals surface area (Å²) in [6.07, 6.45) is 2.13. The summed E-state index contributed by atoms with van der Waals surface area (Å²) in [4.78, 5) is 31.7. The van der Waals surface area contributed by atoms with E-state index in [4.69, 9.17) is 4.74 Å². The molecule has 29 heavy (non-hydrogen) atoms. The summed E-state index contributed by atoms with van der Waals surface area (Å²) >= 11 is 2.87. The molecule has 0 bridgehead atoms. The van der Waals surface area contributed by atoms with Gasteiger partial charge in [-0.1, -0.05) is 24.3 Å². The fourth-order valence-electron chi connectivity index (χ4n) is 3.38. The van der Waals surface area contributed by atoms with Crippen LogP contribution in [0.2, 0.25) is 0 Å². The lowest BCUT2D eigenvalue weighted by Gasteiger charge is -2.30. The number of nitrogens with zero attached hydrogens (tertiary/aromatic N) is 3. The molecule has 3 rings (SSSR count). The van der Waals surface area contributed by atoms with Gasteiger partial charge in [-0.15, -0.1) is 11.8 Å². The van der Waals surface area contributed by atoms with E-state index in [9.17, 15) is 9.59 Å². The van der Waals surface area contributed by atoms with Crippen LogP contribution >= 0.6 is 23.1 Å².